The number of anilines is 1. The molecule has 0 saturated carbocycles. The molecule has 1 N–H and O–H groups in total. The van der Waals surface area contributed by atoms with E-state index in [1.54, 1.807) is 28.6 Å². The van der Waals surface area contributed by atoms with Crippen LogP contribution in [0.3, 0.4) is 0 Å². The number of hydrogen-bond donors (Lipinski definition) is 1. The first-order valence-corrected chi connectivity index (χ1v) is 11.2. The summed E-state index contributed by atoms with van der Waals surface area (Å²) in [5.74, 6) is 0.520. The lowest BCUT2D eigenvalue weighted by atomic mass is 9.91. The second kappa shape index (κ2) is 8.32. The van der Waals surface area contributed by atoms with Gasteiger partial charge >= 0.3 is 0 Å². The number of hydrazine groups is 1. The van der Waals surface area contributed by atoms with Gasteiger partial charge in [0.25, 0.3) is 0 Å². The van der Waals surface area contributed by atoms with Crippen molar-refractivity contribution in [1.29, 1.82) is 0 Å². The van der Waals surface area contributed by atoms with Gasteiger partial charge in [-0.05, 0) is 55.0 Å². The molecular formula is C21H26N4O2S. The van der Waals surface area contributed by atoms with Crippen LogP contribution in [0.5, 0.6) is 0 Å². The number of nitrogens with one attached hydrogen (secondary N) is 1. The summed E-state index contributed by atoms with van der Waals surface area (Å²) >= 11 is 0. The lowest BCUT2D eigenvalue weighted by Gasteiger charge is -2.31. The number of aliphatic imine (C=N–C) groups is 1. The van der Waals surface area contributed by atoms with Crippen LogP contribution in [0.4, 0.5) is 5.69 Å². The van der Waals surface area contributed by atoms with Gasteiger partial charge in [0.1, 0.15) is 6.34 Å². The van der Waals surface area contributed by atoms with E-state index in [2.05, 4.69) is 34.7 Å². The minimum Gasteiger partial charge on any atom is -0.297 e. The highest BCUT2D eigenvalue weighted by atomic mass is 32.2. The van der Waals surface area contributed by atoms with Crippen molar-refractivity contribution in [3.8, 4) is 0 Å². The van der Waals surface area contributed by atoms with Crippen LogP contribution in [0.2, 0.25) is 0 Å². The van der Waals surface area contributed by atoms with E-state index >= 15 is 0 Å². The topological polar surface area (TPSA) is 65.0 Å². The zero-order valence-electron chi connectivity index (χ0n) is 15.9. The van der Waals surface area contributed by atoms with Crippen molar-refractivity contribution >= 4 is 22.0 Å². The Hall–Kier alpha value is -2.38. The van der Waals surface area contributed by atoms with Gasteiger partial charge in [-0.1, -0.05) is 30.3 Å². The van der Waals surface area contributed by atoms with Crippen LogP contribution in [0.25, 0.3) is 0 Å². The molecule has 2 aromatic carbocycles. The van der Waals surface area contributed by atoms with Crippen LogP contribution < -0.4 is 5.43 Å². The van der Waals surface area contributed by atoms with Gasteiger partial charge in [-0.25, -0.2) is 8.42 Å². The van der Waals surface area contributed by atoms with Crippen molar-refractivity contribution in [2.75, 3.05) is 31.6 Å². The molecule has 4 rings (SSSR count). The highest BCUT2D eigenvalue weighted by Gasteiger charge is 2.29. The average Bonchev–Trinajstić information content (AvgIpc) is 3.24. The van der Waals surface area contributed by atoms with Crippen molar-refractivity contribution in [1.82, 2.24) is 9.31 Å². The summed E-state index contributed by atoms with van der Waals surface area (Å²) in [6.07, 6.45) is 4.61. The lowest BCUT2D eigenvalue weighted by Crippen LogP contribution is -2.38. The van der Waals surface area contributed by atoms with Gasteiger partial charge < -0.3 is 0 Å². The van der Waals surface area contributed by atoms with Crippen LogP contribution in [0, 0.1) is 5.92 Å². The molecule has 0 atom stereocenters. The fourth-order valence-electron chi connectivity index (χ4n) is 3.77. The quantitative estimate of drug-likeness (QED) is 0.812. The predicted octanol–water partition coefficient (Wildman–Crippen LogP) is 3.00. The van der Waals surface area contributed by atoms with E-state index in [0.29, 0.717) is 23.9 Å². The van der Waals surface area contributed by atoms with E-state index in [1.165, 1.54) is 5.56 Å². The molecule has 0 radical (unpaired) electrons. The number of nitrogens with zero attached hydrogens (tertiary/aromatic N) is 3. The zero-order valence-corrected chi connectivity index (χ0v) is 16.7. The standard InChI is InChI=1S/C21H26N4O2S/c26-28(27,21-4-2-1-3-5-21)25-13-10-19(11-14-25)16-18-6-8-20(9-7-18)23-24-15-12-22-17-24/h1-9,17,19,23H,10-16H2. The number of benzene rings is 2. The molecular weight excluding hydrogens is 372 g/mol. The van der Waals surface area contributed by atoms with Crippen LogP contribution in [-0.4, -0.2) is 50.2 Å². The second-order valence-corrected chi connectivity index (χ2v) is 9.33. The summed E-state index contributed by atoms with van der Waals surface area (Å²) < 4.78 is 27.1. The molecule has 0 spiro atoms. The molecule has 0 aromatic heterocycles. The molecule has 7 heteroatoms. The summed E-state index contributed by atoms with van der Waals surface area (Å²) in [6, 6.07) is 17.2. The summed E-state index contributed by atoms with van der Waals surface area (Å²) in [5, 5.41) is 1.98. The van der Waals surface area contributed by atoms with Gasteiger partial charge in [-0.2, -0.15) is 4.31 Å². The van der Waals surface area contributed by atoms with E-state index < -0.39 is 10.0 Å². The molecule has 2 aliphatic rings. The van der Waals surface area contributed by atoms with E-state index in [0.717, 1.165) is 38.0 Å². The minimum absolute atomic E-state index is 0.389. The molecule has 148 valence electrons. The Balaban J connectivity index is 1.30. The Kier molecular flexibility index (Phi) is 5.64. The van der Waals surface area contributed by atoms with Gasteiger partial charge in [0.2, 0.25) is 10.0 Å². The highest BCUT2D eigenvalue weighted by molar-refractivity contribution is 7.89. The summed E-state index contributed by atoms with van der Waals surface area (Å²) in [7, 11) is -3.37. The maximum atomic E-state index is 12.7. The molecule has 6 nitrogen and oxygen atoms in total. The van der Waals surface area contributed by atoms with Crippen molar-refractivity contribution in [2.45, 2.75) is 24.2 Å². The molecule has 2 aliphatic heterocycles. The van der Waals surface area contributed by atoms with Gasteiger partial charge in [-0.3, -0.25) is 15.4 Å². The first-order valence-electron chi connectivity index (χ1n) is 9.79. The van der Waals surface area contributed by atoms with Crippen LogP contribution in [0.1, 0.15) is 18.4 Å². The summed E-state index contributed by atoms with van der Waals surface area (Å²) in [4.78, 5) is 4.58. The fourth-order valence-corrected chi connectivity index (χ4v) is 5.26. The van der Waals surface area contributed by atoms with Crippen LogP contribution >= 0.6 is 0 Å². The third-order valence-corrected chi connectivity index (χ3v) is 7.31. The van der Waals surface area contributed by atoms with E-state index in [1.807, 2.05) is 17.4 Å². The lowest BCUT2D eigenvalue weighted by molar-refractivity contribution is 0.273. The smallest absolute Gasteiger partial charge is 0.243 e. The first kappa shape index (κ1) is 19.0. The Morgan fingerprint density at radius 3 is 2.32 bits per heavy atom. The van der Waals surface area contributed by atoms with E-state index in [-0.39, 0.29) is 0 Å². The van der Waals surface area contributed by atoms with Crippen molar-refractivity contribution in [2.24, 2.45) is 10.9 Å². The first-order chi connectivity index (χ1) is 13.6. The second-order valence-electron chi connectivity index (χ2n) is 7.39. The van der Waals surface area contributed by atoms with Gasteiger partial charge in [0, 0.05) is 13.1 Å². The maximum Gasteiger partial charge on any atom is 0.243 e. The van der Waals surface area contributed by atoms with Crippen molar-refractivity contribution in [3.05, 3.63) is 60.2 Å². The third kappa shape index (κ3) is 4.36. The van der Waals surface area contributed by atoms with Gasteiger partial charge in [0.05, 0.1) is 23.7 Å². The van der Waals surface area contributed by atoms with E-state index in [4.69, 9.17) is 0 Å². The molecule has 0 bridgehead atoms. The zero-order chi connectivity index (χ0) is 19.4. The Bertz CT molecular complexity index is 905. The van der Waals surface area contributed by atoms with Gasteiger partial charge in [-0.15, -0.1) is 0 Å². The Labute approximate surface area is 166 Å². The van der Waals surface area contributed by atoms with Crippen LogP contribution in [0.15, 0.2) is 64.5 Å². The Morgan fingerprint density at radius 1 is 0.964 bits per heavy atom. The average molecular weight is 399 g/mol. The van der Waals surface area contributed by atoms with Crippen LogP contribution in [-0.2, 0) is 16.4 Å². The normalized spacial score (nSPS) is 18.5. The maximum absolute atomic E-state index is 12.7. The molecule has 0 amide bonds. The monoisotopic (exact) mass is 398 g/mol. The fraction of sp³-hybridized carbons (Fsp3) is 0.381. The Morgan fingerprint density at radius 2 is 1.68 bits per heavy atom. The van der Waals surface area contributed by atoms with Crippen molar-refractivity contribution in [3.63, 3.8) is 0 Å². The number of piperidine rings is 1. The van der Waals surface area contributed by atoms with Crippen molar-refractivity contribution < 1.29 is 8.42 Å². The molecule has 1 saturated heterocycles. The number of rotatable bonds is 6. The molecule has 28 heavy (non-hydrogen) atoms. The molecule has 2 aromatic rings. The number of sulfonamides is 1. The molecule has 2 heterocycles. The summed E-state index contributed by atoms with van der Waals surface area (Å²) in [5.41, 5.74) is 5.67. The summed E-state index contributed by atoms with van der Waals surface area (Å²) in [6.45, 7) is 2.92. The SMILES string of the molecule is O=S(=O)(c1ccccc1)N1CCC(Cc2ccc(NN3C=NCC3)cc2)CC1. The van der Waals surface area contributed by atoms with E-state index in [9.17, 15) is 8.42 Å². The minimum atomic E-state index is -3.37. The highest BCUT2D eigenvalue weighted by Crippen LogP contribution is 2.26. The third-order valence-electron chi connectivity index (χ3n) is 5.40. The van der Waals surface area contributed by atoms with Gasteiger partial charge in [0.15, 0.2) is 0 Å². The number of hydrogen-bond acceptors (Lipinski definition) is 5. The molecule has 0 aliphatic carbocycles. The largest absolute Gasteiger partial charge is 0.297 e. The predicted molar refractivity (Wildman–Crippen MR) is 112 cm³/mol. The molecule has 1 fully saturated rings. The molecule has 0 unspecified atom stereocenters.